The zero-order valence-electron chi connectivity index (χ0n) is 6.88. The number of carbonyl (C=O) groups is 1. The number of carbonyl (C=O) groups excluding carboxylic acids is 1. The molecule has 3 heteroatoms. The summed E-state index contributed by atoms with van der Waals surface area (Å²) in [6, 6.07) is 7.94. The molecule has 0 aliphatic heterocycles. The molecule has 0 saturated carbocycles. The maximum absolute atomic E-state index is 10.3. The largest absolute Gasteiger partial charge is 0.358 e. The molecule has 2 nitrogen and oxygen atoms in total. The number of H-pyrrole nitrogens is 1. The molecule has 1 aromatic heterocycles. The van der Waals surface area contributed by atoms with Gasteiger partial charge in [0.2, 0.25) is 0 Å². The van der Waals surface area contributed by atoms with Crippen LogP contribution in [0.4, 0.5) is 0 Å². The van der Waals surface area contributed by atoms with Crippen LogP contribution in [-0.2, 0) is 11.2 Å². The Morgan fingerprint density at radius 3 is 3.00 bits per heavy atom. The normalized spacial score (nSPS) is 10.5. The summed E-state index contributed by atoms with van der Waals surface area (Å²) in [6.45, 7) is 0. The summed E-state index contributed by atoms with van der Waals surface area (Å²) in [7, 11) is 0. The Hall–Kier alpha value is -1.09. The van der Waals surface area contributed by atoms with Crippen molar-refractivity contribution in [2.24, 2.45) is 0 Å². The predicted molar refractivity (Wildman–Crippen MR) is 55.8 cm³/mol. The van der Waals surface area contributed by atoms with Crippen LogP contribution in [0.15, 0.2) is 28.7 Å². The second-order valence-electron chi connectivity index (χ2n) is 2.87. The van der Waals surface area contributed by atoms with Gasteiger partial charge >= 0.3 is 0 Å². The monoisotopic (exact) mass is 237 g/mol. The molecule has 0 bridgehead atoms. The Morgan fingerprint density at radius 2 is 2.31 bits per heavy atom. The number of nitrogens with one attached hydrogen (secondary N) is 1. The lowest BCUT2D eigenvalue weighted by Crippen LogP contribution is -1.83. The highest BCUT2D eigenvalue weighted by atomic mass is 79.9. The van der Waals surface area contributed by atoms with Gasteiger partial charge < -0.3 is 9.78 Å². The molecule has 1 aromatic carbocycles. The second-order valence-corrected chi connectivity index (χ2v) is 3.72. The third-order valence-corrected chi connectivity index (χ3v) is 2.66. The van der Waals surface area contributed by atoms with Crippen LogP contribution < -0.4 is 0 Å². The zero-order valence-corrected chi connectivity index (χ0v) is 8.47. The summed E-state index contributed by atoms with van der Waals surface area (Å²) in [5.41, 5.74) is 2.02. The first-order valence-electron chi connectivity index (χ1n) is 4.01. The molecule has 0 amide bonds. The van der Waals surface area contributed by atoms with Crippen molar-refractivity contribution in [3.63, 3.8) is 0 Å². The van der Waals surface area contributed by atoms with Crippen molar-refractivity contribution in [3.8, 4) is 0 Å². The molecule has 0 atom stereocenters. The Bertz CT molecular complexity index is 447. The minimum absolute atomic E-state index is 0.446. The topological polar surface area (TPSA) is 32.9 Å². The summed E-state index contributed by atoms with van der Waals surface area (Å²) in [5, 5.41) is 1.12. The van der Waals surface area contributed by atoms with Crippen molar-refractivity contribution in [1.82, 2.24) is 4.98 Å². The second kappa shape index (κ2) is 3.34. The van der Waals surface area contributed by atoms with Gasteiger partial charge in [0.05, 0.1) is 0 Å². The molecule has 2 aromatic rings. The molecule has 2 rings (SSSR count). The summed E-state index contributed by atoms with van der Waals surface area (Å²) in [6.07, 6.45) is 1.35. The molecule has 0 spiro atoms. The van der Waals surface area contributed by atoms with E-state index in [0.717, 1.165) is 27.4 Å². The van der Waals surface area contributed by atoms with Crippen molar-refractivity contribution < 1.29 is 4.79 Å². The fourth-order valence-corrected chi connectivity index (χ4v) is 1.86. The van der Waals surface area contributed by atoms with Gasteiger partial charge in [-0.2, -0.15) is 0 Å². The van der Waals surface area contributed by atoms with Gasteiger partial charge in [0.25, 0.3) is 0 Å². The van der Waals surface area contributed by atoms with Crippen LogP contribution in [0.25, 0.3) is 10.9 Å². The van der Waals surface area contributed by atoms with Gasteiger partial charge in [0.1, 0.15) is 6.29 Å². The van der Waals surface area contributed by atoms with E-state index < -0.39 is 0 Å². The number of halogens is 1. The van der Waals surface area contributed by atoms with Gasteiger partial charge in [-0.1, -0.05) is 22.0 Å². The maximum Gasteiger partial charge on any atom is 0.125 e. The number of hydrogen-bond acceptors (Lipinski definition) is 1. The highest BCUT2D eigenvalue weighted by molar-refractivity contribution is 9.10. The number of benzene rings is 1. The molecule has 0 radical (unpaired) electrons. The Balaban J connectivity index is 2.61. The summed E-state index contributed by atoms with van der Waals surface area (Å²) >= 11 is 3.45. The van der Waals surface area contributed by atoms with Crippen LogP contribution in [0.2, 0.25) is 0 Å². The smallest absolute Gasteiger partial charge is 0.125 e. The van der Waals surface area contributed by atoms with Crippen molar-refractivity contribution in [1.29, 1.82) is 0 Å². The predicted octanol–water partition coefficient (Wildman–Crippen LogP) is 2.67. The van der Waals surface area contributed by atoms with Crippen LogP contribution in [-0.4, -0.2) is 11.3 Å². The van der Waals surface area contributed by atoms with Crippen LogP contribution in [0.5, 0.6) is 0 Å². The average molecular weight is 238 g/mol. The van der Waals surface area contributed by atoms with E-state index >= 15 is 0 Å². The van der Waals surface area contributed by atoms with Gasteiger partial charge in [-0.3, -0.25) is 0 Å². The molecule has 1 heterocycles. The first-order chi connectivity index (χ1) is 6.31. The fraction of sp³-hybridized carbons (Fsp3) is 0.100. The van der Waals surface area contributed by atoms with Crippen molar-refractivity contribution in [3.05, 3.63) is 34.4 Å². The lowest BCUT2D eigenvalue weighted by molar-refractivity contribution is -0.107. The maximum atomic E-state index is 10.3. The highest BCUT2D eigenvalue weighted by Crippen LogP contribution is 2.24. The number of fused-ring (bicyclic) bond motifs is 1. The molecule has 1 N–H and O–H groups in total. The zero-order chi connectivity index (χ0) is 9.26. The lowest BCUT2D eigenvalue weighted by Gasteiger charge is -1.90. The van der Waals surface area contributed by atoms with E-state index in [1.54, 1.807) is 0 Å². The van der Waals surface area contributed by atoms with Crippen molar-refractivity contribution in [2.45, 2.75) is 6.42 Å². The minimum Gasteiger partial charge on any atom is -0.358 e. The summed E-state index contributed by atoms with van der Waals surface area (Å²) in [5.74, 6) is 0. The van der Waals surface area contributed by atoms with Crippen LogP contribution in [0.1, 0.15) is 5.69 Å². The lowest BCUT2D eigenvalue weighted by atomic mass is 10.2. The molecular formula is C10H8BrNO. The van der Waals surface area contributed by atoms with Crippen molar-refractivity contribution >= 4 is 33.1 Å². The van der Waals surface area contributed by atoms with E-state index in [-0.39, 0.29) is 0 Å². The molecule has 0 unspecified atom stereocenters. The van der Waals surface area contributed by atoms with E-state index in [1.807, 2.05) is 24.3 Å². The van der Waals surface area contributed by atoms with E-state index in [0.29, 0.717) is 6.42 Å². The Labute approximate surface area is 84.1 Å². The van der Waals surface area contributed by atoms with E-state index in [9.17, 15) is 4.79 Å². The van der Waals surface area contributed by atoms with E-state index in [4.69, 9.17) is 0 Å². The van der Waals surface area contributed by atoms with Crippen LogP contribution >= 0.6 is 15.9 Å². The van der Waals surface area contributed by atoms with Gasteiger partial charge in [-0.05, 0) is 18.2 Å². The van der Waals surface area contributed by atoms with Gasteiger partial charge in [-0.25, -0.2) is 0 Å². The van der Waals surface area contributed by atoms with Crippen LogP contribution in [0.3, 0.4) is 0 Å². The van der Waals surface area contributed by atoms with Crippen molar-refractivity contribution in [2.75, 3.05) is 0 Å². The quantitative estimate of drug-likeness (QED) is 0.801. The minimum atomic E-state index is 0.446. The van der Waals surface area contributed by atoms with E-state index in [2.05, 4.69) is 20.9 Å². The number of hydrogen-bond donors (Lipinski definition) is 1. The Morgan fingerprint density at radius 1 is 1.46 bits per heavy atom. The molecule has 0 saturated heterocycles. The highest BCUT2D eigenvalue weighted by Gasteiger charge is 2.02. The van der Waals surface area contributed by atoms with Gasteiger partial charge in [-0.15, -0.1) is 0 Å². The third-order valence-electron chi connectivity index (χ3n) is 1.97. The number of aromatic nitrogens is 1. The fourth-order valence-electron chi connectivity index (χ4n) is 1.38. The first kappa shape index (κ1) is 8.51. The SMILES string of the molecule is O=CCc1cc2c(Br)cccc2[nH]1. The van der Waals surface area contributed by atoms with E-state index in [1.165, 1.54) is 0 Å². The number of aromatic amines is 1. The van der Waals surface area contributed by atoms with Gasteiger partial charge in [0.15, 0.2) is 0 Å². The standard InChI is InChI=1S/C10H8BrNO/c11-9-2-1-3-10-8(9)6-7(12-10)4-5-13/h1-3,5-6,12H,4H2. The Kier molecular flexibility index (Phi) is 2.19. The molecular weight excluding hydrogens is 230 g/mol. The molecule has 13 heavy (non-hydrogen) atoms. The molecule has 66 valence electrons. The average Bonchev–Trinajstić information content (AvgIpc) is 2.49. The number of rotatable bonds is 2. The van der Waals surface area contributed by atoms with Crippen LogP contribution in [0, 0.1) is 0 Å². The third kappa shape index (κ3) is 1.52. The molecule has 0 aliphatic carbocycles. The molecule has 0 aliphatic rings. The summed E-state index contributed by atoms with van der Waals surface area (Å²) in [4.78, 5) is 13.5. The molecule has 0 fully saturated rings. The summed E-state index contributed by atoms with van der Waals surface area (Å²) < 4.78 is 1.05. The van der Waals surface area contributed by atoms with Gasteiger partial charge in [0, 0.05) is 27.5 Å². The number of aldehydes is 1. The first-order valence-corrected chi connectivity index (χ1v) is 4.80.